The Balaban J connectivity index is 0.000000257. The lowest BCUT2D eigenvalue weighted by Gasteiger charge is -2.32. The molecule has 1 atom stereocenters. The fraction of sp³-hybridized carbons (Fsp3) is 0.632. The van der Waals surface area contributed by atoms with Gasteiger partial charge in [0.25, 0.3) is 0 Å². The van der Waals surface area contributed by atoms with Gasteiger partial charge in [-0.3, -0.25) is 4.79 Å². The number of nitrogens with zero attached hydrogens (tertiary/aromatic N) is 2. The Bertz CT molecular complexity index is 496. The molecule has 25 heavy (non-hydrogen) atoms. The molecule has 1 saturated heterocycles. The van der Waals surface area contributed by atoms with E-state index in [0.29, 0.717) is 5.75 Å². The van der Waals surface area contributed by atoms with Crippen LogP contribution in [0.1, 0.15) is 19.8 Å². The molecule has 1 fully saturated rings. The number of ether oxygens (including phenoxy) is 1. The lowest BCUT2D eigenvalue weighted by atomic mass is 9.98. The number of halogens is 1. The Morgan fingerprint density at radius 3 is 2.64 bits per heavy atom. The molecule has 1 aliphatic heterocycles. The third-order valence-corrected chi connectivity index (χ3v) is 4.11. The van der Waals surface area contributed by atoms with Crippen LogP contribution >= 0.6 is 0 Å². The van der Waals surface area contributed by atoms with Crippen molar-refractivity contribution in [3.05, 3.63) is 30.1 Å². The van der Waals surface area contributed by atoms with Crippen molar-refractivity contribution >= 4 is 5.97 Å². The maximum atomic E-state index is 12.3. The lowest BCUT2D eigenvalue weighted by molar-refractivity contribution is -0.131. The maximum Gasteiger partial charge on any atom is 0.308 e. The standard InChI is InChI=1S/C11H25N3.C8H7FO2/c1-12-6-8-14(3)10-11-5-4-7-13(2)9-11;1-6(10)11-8-4-2-7(9)3-5-8/h11-12H,4-10H2,1-3H3;2-5H,1H3. The molecule has 0 aromatic heterocycles. The molecule has 0 radical (unpaired) electrons. The van der Waals surface area contributed by atoms with E-state index in [-0.39, 0.29) is 5.82 Å². The van der Waals surface area contributed by atoms with Gasteiger partial charge in [-0.25, -0.2) is 4.39 Å². The molecular weight excluding hydrogens is 321 g/mol. The average Bonchev–Trinajstić information content (AvgIpc) is 2.55. The number of hydrogen-bond acceptors (Lipinski definition) is 5. The third-order valence-electron chi connectivity index (χ3n) is 4.11. The van der Waals surface area contributed by atoms with Gasteiger partial charge in [0.15, 0.2) is 0 Å². The van der Waals surface area contributed by atoms with Gasteiger partial charge in [-0.1, -0.05) is 0 Å². The van der Waals surface area contributed by atoms with Gasteiger partial charge in [0.1, 0.15) is 11.6 Å². The summed E-state index contributed by atoms with van der Waals surface area (Å²) < 4.78 is 16.9. The zero-order valence-corrected chi connectivity index (χ0v) is 15.9. The minimum absolute atomic E-state index is 0.346. The number of likely N-dealkylation sites (tertiary alicyclic amines) is 1. The number of carbonyl (C=O) groups is 1. The molecule has 0 aliphatic carbocycles. The van der Waals surface area contributed by atoms with Crippen molar-refractivity contribution in [2.24, 2.45) is 5.92 Å². The van der Waals surface area contributed by atoms with Gasteiger partial charge in [0.2, 0.25) is 0 Å². The van der Waals surface area contributed by atoms with Crippen molar-refractivity contribution in [2.45, 2.75) is 19.8 Å². The summed E-state index contributed by atoms with van der Waals surface area (Å²) in [5, 5.41) is 3.19. The van der Waals surface area contributed by atoms with E-state index >= 15 is 0 Å². The number of benzene rings is 1. The van der Waals surface area contributed by atoms with Gasteiger partial charge in [-0.2, -0.15) is 0 Å². The zero-order valence-electron chi connectivity index (χ0n) is 15.9. The maximum absolute atomic E-state index is 12.3. The predicted molar refractivity (Wildman–Crippen MR) is 99.4 cm³/mol. The largest absolute Gasteiger partial charge is 0.427 e. The van der Waals surface area contributed by atoms with Crippen LogP contribution in [0, 0.1) is 11.7 Å². The highest BCUT2D eigenvalue weighted by molar-refractivity contribution is 5.69. The van der Waals surface area contributed by atoms with E-state index in [9.17, 15) is 9.18 Å². The Labute approximate surface area is 151 Å². The van der Waals surface area contributed by atoms with Crippen molar-refractivity contribution in [3.8, 4) is 5.75 Å². The second-order valence-corrected chi connectivity index (χ2v) is 6.68. The van der Waals surface area contributed by atoms with Crippen LogP contribution in [0.2, 0.25) is 0 Å². The summed E-state index contributed by atoms with van der Waals surface area (Å²) in [6.07, 6.45) is 2.79. The first-order valence-electron chi connectivity index (χ1n) is 8.86. The second kappa shape index (κ2) is 12.0. The number of likely N-dealkylation sites (N-methyl/N-ethyl adjacent to an activating group) is 2. The number of piperidine rings is 1. The Morgan fingerprint density at radius 2 is 2.08 bits per heavy atom. The molecule has 0 saturated carbocycles. The zero-order chi connectivity index (χ0) is 18.7. The van der Waals surface area contributed by atoms with Crippen LogP contribution in [0.4, 0.5) is 4.39 Å². The first kappa shape index (κ1) is 21.5. The molecule has 1 aromatic carbocycles. The predicted octanol–water partition coefficient (Wildman–Crippen LogP) is 2.23. The monoisotopic (exact) mass is 353 g/mol. The number of rotatable bonds is 6. The molecule has 1 aromatic rings. The topological polar surface area (TPSA) is 44.8 Å². The summed E-state index contributed by atoms with van der Waals surface area (Å²) in [6.45, 7) is 7.38. The van der Waals surface area contributed by atoms with Gasteiger partial charge in [-0.15, -0.1) is 0 Å². The average molecular weight is 353 g/mol. The highest BCUT2D eigenvalue weighted by atomic mass is 19.1. The molecule has 1 heterocycles. The lowest BCUT2D eigenvalue weighted by Crippen LogP contribution is -2.39. The van der Waals surface area contributed by atoms with E-state index in [1.807, 2.05) is 7.05 Å². The van der Waals surface area contributed by atoms with Gasteiger partial charge in [0.05, 0.1) is 0 Å². The first-order chi connectivity index (χ1) is 11.9. The fourth-order valence-electron chi connectivity index (χ4n) is 2.93. The Hall–Kier alpha value is -1.50. The number of hydrogen-bond donors (Lipinski definition) is 1. The van der Waals surface area contributed by atoms with Gasteiger partial charge in [-0.05, 0) is 70.7 Å². The van der Waals surface area contributed by atoms with Crippen molar-refractivity contribution in [1.29, 1.82) is 0 Å². The van der Waals surface area contributed by atoms with Gasteiger partial charge < -0.3 is 19.9 Å². The summed E-state index contributed by atoms with van der Waals surface area (Å²) in [6, 6.07) is 5.27. The van der Waals surface area contributed by atoms with E-state index in [4.69, 9.17) is 0 Å². The van der Waals surface area contributed by atoms with Crippen LogP contribution in [0.25, 0.3) is 0 Å². The van der Waals surface area contributed by atoms with E-state index in [2.05, 4.69) is 33.9 Å². The smallest absolute Gasteiger partial charge is 0.308 e. The van der Waals surface area contributed by atoms with Crippen LogP contribution in [0.3, 0.4) is 0 Å². The summed E-state index contributed by atoms with van der Waals surface area (Å²) in [7, 11) is 6.48. The quantitative estimate of drug-likeness (QED) is 0.628. The third kappa shape index (κ3) is 10.2. The minimum Gasteiger partial charge on any atom is -0.427 e. The van der Waals surface area contributed by atoms with Crippen LogP contribution in [0.5, 0.6) is 5.75 Å². The molecule has 1 unspecified atom stereocenters. The molecule has 0 bridgehead atoms. The Morgan fingerprint density at radius 1 is 1.40 bits per heavy atom. The molecule has 142 valence electrons. The van der Waals surface area contributed by atoms with Crippen LogP contribution in [-0.4, -0.2) is 69.6 Å². The molecule has 5 nitrogen and oxygen atoms in total. The van der Waals surface area contributed by atoms with Crippen LogP contribution in [-0.2, 0) is 4.79 Å². The molecule has 1 aliphatic rings. The number of carbonyl (C=O) groups excluding carboxylic acids is 1. The molecule has 2 rings (SSSR count). The van der Waals surface area contributed by atoms with Gasteiger partial charge in [0, 0.05) is 33.1 Å². The number of esters is 1. The van der Waals surface area contributed by atoms with E-state index in [0.717, 1.165) is 19.0 Å². The first-order valence-corrected chi connectivity index (χ1v) is 8.86. The second-order valence-electron chi connectivity index (χ2n) is 6.68. The molecule has 0 amide bonds. The molecular formula is C19H32FN3O2. The van der Waals surface area contributed by atoms with Crippen LogP contribution < -0.4 is 10.1 Å². The van der Waals surface area contributed by atoms with Crippen molar-refractivity contribution in [2.75, 3.05) is 53.9 Å². The van der Waals surface area contributed by atoms with E-state index in [1.54, 1.807) is 0 Å². The summed E-state index contributed by atoms with van der Waals surface area (Å²) >= 11 is 0. The number of nitrogens with one attached hydrogen (secondary N) is 1. The SMILES string of the molecule is CC(=O)Oc1ccc(F)cc1.CNCCN(C)CC1CCCN(C)C1. The normalized spacial score (nSPS) is 17.8. The minimum atomic E-state index is -0.406. The van der Waals surface area contributed by atoms with E-state index < -0.39 is 5.97 Å². The Kier molecular flexibility index (Phi) is 10.3. The molecule has 6 heteroatoms. The highest BCUT2D eigenvalue weighted by Crippen LogP contribution is 2.15. The summed E-state index contributed by atoms with van der Waals surface area (Å²) in [5.41, 5.74) is 0. The van der Waals surface area contributed by atoms with Gasteiger partial charge >= 0.3 is 5.97 Å². The molecule has 1 N–H and O–H groups in total. The fourth-order valence-corrected chi connectivity index (χ4v) is 2.93. The molecule has 0 spiro atoms. The van der Waals surface area contributed by atoms with E-state index in [1.165, 1.54) is 63.7 Å². The highest BCUT2D eigenvalue weighted by Gasteiger charge is 2.18. The summed E-state index contributed by atoms with van der Waals surface area (Å²) in [4.78, 5) is 15.3. The van der Waals surface area contributed by atoms with Crippen LogP contribution in [0.15, 0.2) is 24.3 Å². The van der Waals surface area contributed by atoms with Crippen molar-refractivity contribution < 1.29 is 13.9 Å². The van der Waals surface area contributed by atoms with Crippen molar-refractivity contribution in [3.63, 3.8) is 0 Å². The summed E-state index contributed by atoms with van der Waals surface area (Å²) in [5.74, 6) is 0.493. The van der Waals surface area contributed by atoms with Crippen molar-refractivity contribution in [1.82, 2.24) is 15.1 Å².